The number of nitrogens with zero attached hydrogens (tertiary/aromatic N) is 2. The number of carbonyl (C=O) groups excluding carboxylic acids is 2. The SMILES string of the molecule is Cc1ccc2nc(CN3CCC(C(=O)Nc4ccc(C(N)=O)cc4)CC3)[nH]c2c1. The van der Waals surface area contributed by atoms with Gasteiger partial charge in [-0.1, -0.05) is 6.07 Å². The van der Waals surface area contributed by atoms with Crippen LogP contribution in [0.5, 0.6) is 0 Å². The Morgan fingerprint density at radius 1 is 1.17 bits per heavy atom. The number of likely N-dealkylation sites (tertiary alicyclic amines) is 1. The van der Waals surface area contributed by atoms with Crippen LogP contribution in [0.1, 0.15) is 34.6 Å². The predicted molar refractivity (Wildman–Crippen MR) is 112 cm³/mol. The Kier molecular flexibility index (Phi) is 5.31. The fraction of sp³-hybridized carbons (Fsp3) is 0.318. The number of hydrogen-bond donors (Lipinski definition) is 3. The molecule has 2 aromatic carbocycles. The van der Waals surface area contributed by atoms with Gasteiger partial charge in [-0.15, -0.1) is 0 Å². The average Bonchev–Trinajstić information content (AvgIpc) is 3.10. The van der Waals surface area contributed by atoms with Gasteiger partial charge in [0.25, 0.3) is 0 Å². The second kappa shape index (κ2) is 8.05. The molecule has 29 heavy (non-hydrogen) atoms. The molecule has 4 rings (SSSR count). The summed E-state index contributed by atoms with van der Waals surface area (Å²) < 4.78 is 0. The Hall–Kier alpha value is -3.19. The van der Waals surface area contributed by atoms with Crippen LogP contribution < -0.4 is 11.1 Å². The van der Waals surface area contributed by atoms with Gasteiger partial charge in [-0.05, 0) is 74.8 Å². The van der Waals surface area contributed by atoms with Crippen molar-refractivity contribution in [3.63, 3.8) is 0 Å². The third-order valence-corrected chi connectivity index (χ3v) is 5.46. The summed E-state index contributed by atoms with van der Waals surface area (Å²) in [6, 6.07) is 12.9. The van der Waals surface area contributed by atoms with Crippen molar-refractivity contribution >= 4 is 28.5 Å². The first-order valence-electron chi connectivity index (χ1n) is 9.86. The molecule has 0 atom stereocenters. The lowest BCUT2D eigenvalue weighted by Gasteiger charge is -2.30. The Morgan fingerprint density at radius 2 is 1.90 bits per heavy atom. The monoisotopic (exact) mass is 391 g/mol. The summed E-state index contributed by atoms with van der Waals surface area (Å²) in [5.41, 5.74) is 9.62. The normalized spacial score (nSPS) is 15.5. The highest BCUT2D eigenvalue weighted by atomic mass is 16.2. The van der Waals surface area contributed by atoms with Gasteiger partial charge in [0.05, 0.1) is 17.6 Å². The average molecular weight is 391 g/mol. The number of hydrogen-bond acceptors (Lipinski definition) is 4. The number of carbonyl (C=O) groups is 2. The van der Waals surface area contributed by atoms with Gasteiger partial charge in [0.15, 0.2) is 0 Å². The van der Waals surface area contributed by atoms with Crippen molar-refractivity contribution in [2.24, 2.45) is 11.7 Å². The first-order valence-corrected chi connectivity index (χ1v) is 9.86. The van der Waals surface area contributed by atoms with Crippen LogP contribution in [0, 0.1) is 12.8 Å². The Morgan fingerprint density at radius 3 is 2.59 bits per heavy atom. The number of fused-ring (bicyclic) bond motifs is 1. The summed E-state index contributed by atoms with van der Waals surface area (Å²) >= 11 is 0. The van der Waals surface area contributed by atoms with E-state index >= 15 is 0 Å². The lowest BCUT2D eigenvalue weighted by Crippen LogP contribution is -2.38. The van der Waals surface area contributed by atoms with Crippen molar-refractivity contribution in [3.05, 3.63) is 59.4 Å². The van der Waals surface area contributed by atoms with Gasteiger partial charge < -0.3 is 16.0 Å². The fourth-order valence-electron chi connectivity index (χ4n) is 3.78. The van der Waals surface area contributed by atoms with E-state index in [-0.39, 0.29) is 11.8 Å². The largest absolute Gasteiger partial charge is 0.366 e. The number of amides is 2. The molecule has 4 N–H and O–H groups in total. The van der Waals surface area contributed by atoms with Crippen LogP contribution in [0.25, 0.3) is 11.0 Å². The van der Waals surface area contributed by atoms with Gasteiger partial charge in [-0.25, -0.2) is 4.98 Å². The second-order valence-corrected chi connectivity index (χ2v) is 7.69. The van der Waals surface area contributed by atoms with Gasteiger partial charge >= 0.3 is 0 Å². The molecule has 1 saturated heterocycles. The Labute approximate surface area is 169 Å². The zero-order valence-electron chi connectivity index (χ0n) is 16.4. The van der Waals surface area contributed by atoms with E-state index in [9.17, 15) is 9.59 Å². The number of nitrogens with two attached hydrogens (primary N) is 1. The number of primary amides is 1. The van der Waals surface area contributed by atoms with Gasteiger partial charge in [0.2, 0.25) is 11.8 Å². The van der Waals surface area contributed by atoms with Crippen LogP contribution in [0.15, 0.2) is 42.5 Å². The topological polar surface area (TPSA) is 104 Å². The summed E-state index contributed by atoms with van der Waals surface area (Å²) in [6.45, 7) is 4.54. The van der Waals surface area contributed by atoms with E-state index in [4.69, 9.17) is 5.73 Å². The van der Waals surface area contributed by atoms with E-state index < -0.39 is 5.91 Å². The number of piperidine rings is 1. The molecule has 0 bridgehead atoms. The van der Waals surface area contributed by atoms with E-state index in [1.807, 2.05) is 6.07 Å². The third kappa shape index (κ3) is 4.46. The molecule has 0 aliphatic carbocycles. The maximum atomic E-state index is 12.6. The van der Waals surface area contributed by atoms with Crippen LogP contribution in [0.4, 0.5) is 5.69 Å². The van der Waals surface area contributed by atoms with Crippen molar-refractivity contribution in [2.75, 3.05) is 18.4 Å². The number of aromatic nitrogens is 2. The van der Waals surface area contributed by atoms with Gasteiger partial charge in [0, 0.05) is 17.2 Å². The third-order valence-electron chi connectivity index (χ3n) is 5.46. The number of nitrogens with one attached hydrogen (secondary N) is 2. The second-order valence-electron chi connectivity index (χ2n) is 7.69. The van der Waals surface area contributed by atoms with Gasteiger partial charge in [0.1, 0.15) is 5.82 Å². The highest BCUT2D eigenvalue weighted by Gasteiger charge is 2.25. The summed E-state index contributed by atoms with van der Waals surface area (Å²) in [6.07, 6.45) is 1.62. The zero-order valence-corrected chi connectivity index (χ0v) is 16.4. The number of imidazole rings is 1. The quantitative estimate of drug-likeness (QED) is 0.622. The molecule has 7 heteroatoms. The van der Waals surface area contributed by atoms with E-state index in [2.05, 4.69) is 39.2 Å². The molecule has 1 aliphatic heterocycles. The molecule has 1 aromatic heterocycles. The zero-order chi connectivity index (χ0) is 20.4. The smallest absolute Gasteiger partial charge is 0.248 e. The van der Waals surface area contributed by atoms with Gasteiger partial charge in [-0.3, -0.25) is 14.5 Å². The number of H-pyrrole nitrogens is 1. The molecule has 0 radical (unpaired) electrons. The summed E-state index contributed by atoms with van der Waals surface area (Å²) in [5, 5.41) is 2.94. The van der Waals surface area contributed by atoms with Crippen molar-refractivity contribution in [3.8, 4) is 0 Å². The van der Waals surface area contributed by atoms with E-state index in [0.29, 0.717) is 11.3 Å². The van der Waals surface area contributed by atoms with Crippen LogP contribution in [0.2, 0.25) is 0 Å². The predicted octanol–water partition coefficient (Wildman–Crippen LogP) is 2.82. The molecule has 1 fully saturated rings. The number of rotatable bonds is 5. The maximum absolute atomic E-state index is 12.6. The number of aromatic amines is 1. The standard InChI is InChI=1S/C22H25N5O2/c1-14-2-7-18-19(12-14)26-20(25-18)13-27-10-8-16(9-11-27)22(29)24-17-5-3-15(4-6-17)21(23)28/h2-7,12,16H,8-11,13H2,1H3,(H2,23,28)(H,24,29)(H,25,26). The molecule has 1 aliphatic rings. The summed E-state index contributed by atoms with van der Waals surface area (Å²) in [7, 11) is 0. The highest BCUT2D eigenvalue weighted by molar-refractivity contribution is 5.95. The van der Waals surface area contributed by atoms with Crippen LogP contribution in [-0.2, 0) is 11.3 Å². The molecular weight excluding hydrogens is 366 g/mol. The van der Waals surface area contributed by atoms with Crippen molar-refractivity contribution in [2.45, 2.75) is 26.3 Å². The van der Waals surface area contributed by atoms with Crippen LogP contribution >= 0.6 is 0 Å². The minimum Gasteiger partial charge on any atom is -0.366 e. The lowest BCUT2D eigenvalue weighted by atomic mass is 9.95. The Bertz CT molecular complexity index is 1030. The maximum Gasteiger partial charge on any atom is 0.248 e. The first-order chi connectivity index (χ1) is 14.0. The molecular formula is C22H25N5O2. The fourth-order valence-corrected chi connectivity index (χ4v) is 3.78. The lowest BCUT2D eigenvalue weighted by molar-refractivity contribution is -0.121. The van der Waals surface area contributed by atoms with E-state index in [1.165, 1.54) is 5.56 Å². The minimum atomic E-state index is -0.477. The van der Waals surface area contributed by atoms with Crippen molar-refractivity contribution in [1.29, 1.82) is 0 Å². The minimum absolute atomic E-state index is 0.0135. The highest BCUT2D eigenvalue weighted by Crippen LogP contribution is 2.22. The van der Waals surface area contributed by atoms with E-state index in [0.717, 1.165) is 49.3 Å². The molecule has 7 nitrogen and oxygen atoms in total. The van der Waals surface area contributed by atoms with E-state index in [1.54, 1.807) is 24.3 Å². The summed E-state index contributed by atoms with van der Waals surface area (Å²) in [4.78, 5) is 34.1. The first kappa shape index (κ1) is 19.1. The number of benzene rings is 2. The van der Waals surface area contributed by atoms with Crippen molar-refractivity contribution < 1.29 is 9.59 Å². The number of aryl methyl sites for hydroxylation is 1. The van der Waals surface area contributed by atoms with Crippen molar-refractivity contribution in [1.82, 2.24) is 14.9 Å². The molecule has 3 aromatic rings. The molecule has 0 saturated carbocycles. The molecule has 0 spiro atoms. The Balaban J connectivity index is 1.30. The number of anilines is 1. The molecule has 2 heterocycles. The van der Waals surface area contributed by atoms with Gasteiger partial charge in [-0.2, -0.15) is 0 Å². The molecule has 150 valence electrons. The van der Waals surface area contributed by atoms with Crippen LogP contribution in [0.3, 0.4) is 0 Å². The molecule has 0 unspecified atom stereocenters. The molecule has 2 amide bonds. The summed E-state index contributed by atoms with van der Waals surface area (Å²) in [5.74, 6) is 0.494. The van der Waals surface area contributed by atoms with Crippen LogP contribution in [-0.4, -0.2) is 39.8 Å².